The van der Waals surface area contributed by atoms with Crippen LogP contribution in [0.15, 0.2) is 45.6 Å². The van der Waals surface area contributed by atoms with Crippen LogP contribution in [-0.4, -0.2) is 23.7 Å². The zero-order valence-electron chi connectivity index (χ0n) is 19.3. The van der Waals surface area contributed by atoms with Crippen molar-refractivity contribution in [2.24, 2.45) is 5.92 Å². The Balaban J connectivity index is 1.93. The summed E-state index contributed by atoms with van der Waals surface area (Å²) >= 11 is 0. The fraction of sp³-hybridized carbons (Fsp3) is 0.400. The number of carbonyl (C=O) groups excluding carboxylic acids is 2. The molecule has 2 aromatic carbocycles. The van der Waals surface area contributed by atoms with Crippen LogP contribution in [0, 0.1) is 12.8 Å². The van der Waals surface area contributed by atoms with Crippen molar-refractivity contribution in [1.82, 2.24) is 5.32 Å². The number of alkyl carbamates (subject to hydrolysis) is 1. The highest BCUT2D eigenvalue weighted by molar-refractivity contribution is 6.05. The zero-order valence-corrected chi connectivity index (χ0v) is 19.3. The van der Waals surface area contributed by atoms with Crippen LogP contribution < -0.4 is 15.7 Å². The van der Waals surface area contributed by atoms with E-state index in [4.69, 9.17) is 13.9 Å². The van der Waals surface area contributed by atoms with Crippen LogP contribution in [0.2, 0.25) is 0 Å². The highest BCUT2D eigenvalue weighted by Gasteiger charge is 2.30. The number of aryl methyl sites for hydroxylation is 1. The van der Waals surface area contributed by atoms with Gasteiger partial charge in [0.25, 0.3) is 0 Å². The molecule has 0 aliphatic heterocycles. The first-order valence-corrected chi connectivity index (χ1v) is 10.7. The molecule has 3 rings (SSSR count). The standard InChI is InChI=1S/C25H29NO6/c1-7-14(2)20(26-24(29)32-25(4,5)6)23(28)30-19-13-12-17-16-10-8-9-11-18(16)22(27)31-21(17)15(19)3/h8-14,20H,7H2,1-6H3,(H,26,29)/t14-,20+/m1/s1. The second kappa shape index (κ2) is 9.02. The van der Waals surface area contributed by atoms with Crippen LogP contribution in [0.1, 0.15) is 46.6 Å². The van der Waals surface area contributed by atoms with Gasteiger partial charge < -0.3 is 19.2 Å². The van der Waals surface area contributed by atoms with Crippen molar-refractivity contribution < 1.29 is 23.5 Å². The number of amides is 1. The molecular formula is C25H29NO6. The summed E-state index contributed by atoms with van der Waals surface area (Å²) in [7, 11) is 0. The first kappa shape index (κ1) is 23.3. The number of hydrogen-bond donors (Lipinski definition) is 1. The van der Waals surface area contributed by atoms with E-state index >= 15 is 0 Å². The van der Waals surface area contributed by atoms with E-state index < -0.39 is 29.3 Å². The molecule has 0 unspecified atom stereocenters. The Morgan fingerprint density at radius 1 is 1.06 bits per heavy atom. The van der Waals surface area contributed by atoms with Gasteiger partial charge >= 0.3 is 17.7 Å². The molecule has 1 aromatic heterocycles. The van der Waals surface area contributed by atoms with E-state index in [2.05, 4.69) is 5.32 Å². The number of hydrogen-bond acceptors (Lipinski definition) is 6. The van der Waals surface area contributed by atoms with Crippen molar-refractivity contribution >= 4 is 33.8 Å². The Labute approximate surface area is 186 Å². The second-order valence-electron chi connectivity index (χ2n) is 8.93. The molecule has 0 spiro atoms. The third-order valence-corrected chi connectivity index (χ3v) is 5.34. The minimum absolute atomic E-state index is 0.183. The predicted molar refractivity (Wildman–Crippen MR) is 123 cm³/mol. The van der Waals surface area contributed by atoms with E-state index in [0.717, 1.165) is 10.8 Å². The molecule has 3 aromatic rings. The van der Waals surface area contributed by atoms with Crippen molar-refractivity contribution in [3.63, 3.8) is 0 Å². The van der Waals surface area contributed by atoms with Crippen molar-refractivity contribution in [2.75, 3.05) is 0 Å². The molecule has 0 fully saturated rings. The fourth-order valence-corrected chi connectivity index (χ4v) is 3.45. The number of esters is 1. The summed E-state index contributed by atoms with van der Waals surface area (Å²) in [6.07, 6.45) is -0.0416. The predicted octanol–water partition coefficient (Wildman–Crippen LogP) is 5.10. The normalized spacial score (nSPS) is 13.6. The Morgan fingerprint density at radius 3 is 2.34 bits per heavy atom. The first-order chi connectivity index (χ1) is 15.0. The van der Waals surface area contributed by atoms with Crippen molar-refractivity contribution in [3.05, 3.63) is 52.4 Å². The zero-order chi connectivity index (χ0) is 23.6. The second-order valence-corrected chi connectivity index (χ2v) is 8.93. The average Bonchev–Trinajstić information content (AvgIpc) is 2.73. The van der Waals surface area contributed by atoms with E-state index in [-0.39, 0.29) is 11.7 Å². The molecule has 7 heteroatoms. The lowest BCUT2D eigenvalue weighted by molar-refractivity contribution is -0.138. The van der Waals surface area contributed by atoms with E-state index in [1.54, 1.807) is 52.0 Å². The molecule has 2 atom stereocenters. The van der Waals surface area contributed by atoms with Crippen molar-refractivity contribution in [1.29, 1.82) is 0 Å². The van der Waals surface area contributed by atoms with Gasteiger partial charge in [-0.3, -0.25) is 0 Å². The summed E-state index contributed by atoms with van der Waals surface area (Å²) in [6, 6.07) is 9.73. The van der Waals surface area contributed by atoms with Crippen molar-refractivity contribution in [2.45, 2.75) is 59.6 Å². The lowest BCUT2D eigenvalue weighted by Gasteiger charge is -2.25. The third-order valence-electron chi connectivity index (χ3n) is 5.34. The minimum Gasteiger partial charge on any atom is -0.444 e. The maximum atomic E-state index is 13.0. The van der Waals surface area contributed by atoms with Crippen LogP contribution in [0.25, 0.3) is 21.7 Å². The quantitative estimate of drug-likeness (QED) is 0.257. The molecule has 0 aliphatic rings. The summed E-state index contributed by atoms with van der Waals surface area (Å²) in [5, 5.41) is 4.63. The highest BCUT2D eigenvalue weighted by Crippen LogP contribution is 2.31. The molecule has 1 N–H and O–H groups in total. The summed E-state index contributed by atoms with van der Waals surface area (Å²) in [5.41, 5.74) is -0.259. The largest absolute Gasteiger partial charge is 0.444 e. The number of nitrogens with one attached hydrogen (secondary N) is 1. The Morgan fingerprint density at radius 2 is 1.72 bits per heavy atom. The molecule has 170 valence electrons. The van der Waals surface area contributed by atoms with Gasteiger partial charge in [0.2, 0.25) is 0 Å². The van der Waals surface area contributed by atoms with Gasteiger partial charge in [-0.1, -0.05) is 38.5 Å². The number of benzene rings is 2. The third kappa shape index (κ3) is 4.93. The van der Waals surface area contributed by atoms with Gasteiger partial charge in [-0.2, -0.15) is 0 Å². The Bertz CT molecular complexity index is 1220. The SMILES string of the molecule is CC[C@@H](C)[C@H](NC(=O)OC(C)(C)C)C(=O)Oc1ccc2c(oc(=O)c3ccccc32)c1C. The molecule has 32 heavy (non-hydrogen) atoms. The van der Waals surface area contributed by atoms with Gasteiger partial charge in [-0.15, -0.1) is 0 Å². The van der Waals surface area contributed by atoms with Gasteiger partial charge in [0.05, 0.1) is 5.39 Å². The molecule has 0 aliphatic carbocycles. The molecule has 0 saturated heterocycles. The van der Waals surface area contributed by atoms with E-state index in [0.29, 0.717) is 23.0 Å². The Hall–Kier alpha value is -3.35. The van der Waals surface area contributed by atoms with E-state index in [1.807, 2.05) is 26.0 Å². The van der Waals surface area contributed by atoms with E-state index in [1.165, 1.54) is 0 Å². The molecule has 0 saturated carbocycles. The van der Waals surface area contributed by atoms with Gasteiger partial charge in [-0.05, 0) is 57.2 Å². The minimum atomic E-state index is -0.895. The monoisotopic (exact) mass is 439 g/mol. The molecule has 1 heterocycles. The van der Waals surface area contributed by atoms with Crippen LogP contribution >= 0.6 is 0 Å². The molecule has 0 radical (unpaired) electrons. The van der Waals surface area contributed by atoms with Gasteiger partial charge in [0, 0.05) is 10.9 Å². The van der Waals surface area contributed by atoms with Crippen LogP contribution in [-0.2, 0) is 9.53 Å². The lowest BCUT2D eigenvalue weighted by atomic mass is 9.99. The van der Waals surface area contributed by atoms with Crippen LogP contribution in [0.4, 0.5) is 4.79 Å². The summed E-state index contributed by atoms with van der Waals surface area (Å²) in [6.45, 7) is 10.7. The summed E-state index contributed by atoms with van der Waals surface area (Å²) in [5.74, 6) is -0.534. The van der Waals surface area contributed by atoms with Crippen molar-refractivity contribution in [3.8, 4) is 5.75 Å². The molecule has 0 bridgehead atoms. The number of ether oxygens (including phenoxy) is 2. The lowest BCUT2D eigenvalue weighted by Crippen LogP contribution is -2.48. The average molecular weight is 440 g/mol. The highest BCUT2D eigenvalue weighted by atomic mass is 16.6. The first-order valence-electron chi connectivity index (χ1n) is 10.7. The number of carbonyl (C=O) groups is 2. The van der Waals surface area contributed by atoms with Crippen LogP contribution in [0.5, 0.6) is 5.75 Å². The maximum Gasteiger partial charge on any atom is 0.408 e. The smallest absolute Gasteiger partial charge is 0.408 e. The van der Waals surface area contributed by atoms with Gasteiger partial charge in [0.1, 0.15) is 23.0 Å². The fourth-order valence-electron chi connectivity index (χ4n) is 3.45. The maximum absolute atomic E-state index is 13.0. The van der Waals surface area contributed by atoms with Gasteiger partial charge in [-0.25, -0.2) is 14.4 Å². The molecule has 1 amide bonds. The number of rotatable bonds is 5. The van der Waals surface area contributed by atoms with E-state index in [9.17, 15) is 14.4 Å². The summed E-state index contributed by atoms with van der Waals surface area (Å²) < 4.78 is 16.5. The van der Waals surface area contributed by atoms with Crippen LogP contribution in [0.3, 0.4) is 0 Å². The Kier molecular flexibility index (Phi) is 6.57. The topological polar surface area (TPSA) is 94.8 Å². The molecular weight excluding hydrogens is 410 g/mol. The van der Waals surface area contributed by atoms with Gasteiger partial charge in [0.15, 0.2) is 0 Å². The number of fused-ring (bicyclic) bond motifs is 3. The summed E-state index contributed by atoms with van der Waals surface area (Å²) in [4.78, 5) is 37.7. The molecule has 7 nitrogen and oxygen atoms in total.